The second-order valence-electron chi connectivity index (χ2n) is 5.53. The number of fused-ring (bicyclic) bond motifs is 1. The van der Waals surface area contributed by atoms with Gasteiger partial charge in [-0.25, -0.2) is 0 Å². The lowest BCUT2D eigenvalue weighted by Crippen LogP contribution is -2.26. The molecule has 1 unspecified atom stereocenters. The van der Waals surface area contributed by atoms with Gasteiger partial charge in [-0.1, -0.05) is 13.3 Å². The fraction of sp³-hybridized carbons (Fsp3) is 0.533. The standard InChI is InChI=1S/C15H20N2O3/c1-2-10-3-14(18)17(6-10)7-11-4-13(16)5-12-8-19-9-20-15(11)12/h4-5,10H,2-3,6-9,16H2,1H3. The Hall–Kier alpha value is -1.75. The number of nitrogen functional groups attached to an aromatic ring is 1. The number of anilines is 1. The van der Waals surface area contributed by atoms with Gasteiger partial charge in [0.2, 0.25) is 5.91 Å². The molecule has 0 aliphatic carbocycles. The average Bonchev–Trinajstić information content (AvgIpc) is 2.79. The van der Waals surface area contributed by atoms with Crippen molar-refractivity contribution in [1.82, 2.24) is 4.90 Å². The quantitative estimate of drug-likeness (QED) is 0.856. The maximum absolute atomic E-state index is 12.0. The number of amides is 1. The smallest absolute Gasteiger partial charge is 0.223 e. The number of rotatable bonds is 3. The fourth-order valence-corrected chi connectivity index (χ4v) is 2.93. The number of ether oxygens (including phenoxy) is 2. The van der Waals surface area contributed by atoms with E-state index in [-0.39, 0.29) is 12.7 Å². The minimum absolute atomic E-state index is 0.222. The summed E-state index contributed by atoms with van der Waals surface area (Å²) >= 11 is 0. The molecule has 1 aromatic carbocycles. The zero-order chi connectivity index (χ0) is 14.1. The van der Waals surface area contributed by atoms with Gasteiger partial charge in [-0.3, -0.25) is 4.79 Å². The molecule has 1 fully saturated rings. The molecule has 0 saturated carbocycles. The molecule has 5 nitrogen and oxygen atoms in total. The van der Waals surface area contributed by atoms with Gasteiger partial charge >= 0.3 is 0 Å². The lowest BCUT2D eigenvalue weighted by Gasteiger charge is -2.24. The lowest BCUT2D eigenvalue weighted by molar-refractivity contribution is -0.128. The summed E-state index contributed by atoms with van der Waals surface area (Å²) in [5.74, 6) is 1.53. The average molecular weight is 276 g/mol. The van der Waals surface area contributed by atoms with E-state index in [1.54, 1.807) is 0 Å². The molecule has 1 saturated heterocycles. The minimum Gasteiger partial charge on any atom is -0.467 e. The van der Waals surface area contributed by atoms with Gasteiger partial charge in [0.05, 0.1) is 6.61 Å². The summed E-state index contributed by atoms with van der Waals surface area (Å²) in [6.45, 7) is 4.30. The third-order valence-electron chi connectivity index (χ3n) is 4.04. The van der Waals surface area contributed by atoms with Crippen LogP contribution in [0.25, 0.3) is 0 Å². The first-order valence-corrected chi connectivity index (χ1v) is 7.07. The highest BCUT2D eigenvalue weighted by atomic mass is 16.7. The summed E-state index contributed by atoms with van der Waals surface area (Å²) in [6.07, 6.45) is 1.70. The normalized spacial score (nSPS) is 21.8. The topological polar surface area (TPSA) is 64.8 Å². The number of hydrogen-bond acceptors (Lipinski definition) is 4. The van der Waals surface area contributed by atoms with E-state index < -0.39 is 0 Å². The number of hydrogen-bond donors (Lipinski definition) is 1. The number of carbonyl (C=O) groups is 1. The van der Waals surface area contributed by atoms with Crippen LogP contribution in [-0.4, -0.2) is 24.1 Å². The fourth-order valence-electron chi connectivity index (χ4n) is 2.93. The summed E-state index contributed by atoms with van der Waals surface area (Å²) in [4.78, 5) is 13.9. The van der Waals surface area contributed by atoms with Gasteiger partial charge in [0.1, 0.15) is 5.75 Å². The maximum atomic E-state index is 12.0. The van der Waals surface area contributed by atoms with Crippen molar-refractivity contribution in [2.24, 2.45) is 5.92 Å². The van der Waals surface area contributed by atoms with Gasteiger partial charge in [-0.2, -0.15) is 0 Å². The molecule has 2 aliphatic heterocycles. The van der Waals surface area contributed by atoms with Crippen LogP contribution in [0.3, 0.4) is 0 Å². The van der Waals surface area contributed by atoms with Crippen molar-refractivity contribution in [3.05, 3.63) is 23.3 Å². The van der Waals surface area contributed by atoms with E-state index >= 15 is 0 Å². The van der Waals surface area contributed by atoms with Crippen LogP contribution >= 0.6 is 0 Å². The molecule has 1 atom stereocenters. The zero-order valence-electron chi connectivity index (χ0n) is 11.7. The summed E-state index contributed by atoms with van der Waals surface area (Å²) < 4.78 is 10.9. The van der Waals surface area contributed by atoms with Crippen LogP contribution in [0.4, 0.5) is 5.69 Å². The molecule has 0 spiro atoms. The molecule has 108 valence electrons. The van der Waals surface area contributed by atoms with Crippen molar-refractivity contribution >= 4 is 11.6 Å². The van der Waals surface area contributed by atoms with Crippen LogP contribution < -0.4 is 10.5 Å². The molecule has 2 aliphatic rings. The van der Waals surface area contributed by atoms with Crippen molar-refractivity contribution < 1.29 is 14.3 Å². The predicted molar refractivity (Wildman–Crippen MR) is 75.0 cm³/mol. The van der Waals surface area contributed by atoms with Crippen LogP contribution in [0, 0.1) is 5.92 Å². The van der Waals surface area contributed by atoms with Gasteiger partial charge in [0.15, 0.2) is 6.79 Å². The monoisotopic (exact) mass is 276 g/mol. The van der Waals surface area contributed by atoms with E-state index in [2.05, 4.69) is 6.92 Å². The number of likely N-dealkylation sites (tertiary alicyclic amines) is 1. The van der Waals surface area contributed by atoms with Crippen LogP contribution in [0.5, 0.6) is 5.75 Å². The van der Waals surface area contributed by atoms with Crippen molar-refractivity contribution in [3.63, 3.8) is 0 Å². The first kappa shape index (κ1) is 13.2. The summed E-state index contributed by atoms with van der Waals surface area (Å²) in [5, 5.41) is 0. The molecule has 1 aromatic rings. The molecular formula is C15H20N2O3. The second-order valence-corrected chi connectivity index (χ2v) is 5.53. The van der Waals surface area contributed by atoms with E-state index in [1.807, 2.05) is 17.0 Å². The maximum Gasteiger partial charge on any atom is 0.223 e. The third kappa shape index (κ3) is 2.45. The number of nitrogens with zero attached hydrogens (tertiary/aromatic N) is 1. The molecule has 0 aromatic heterocycles. The Morgan fingerprint density at radius 1 is 1.45 bits per heavy atom. The Morgan fingerprint density at radius 3 is 3.05 bits per heavy atom. The molecule has 20 heavy (non-hydrogen) atoms. The Morgan fingerprint density at radius 2 is 2.30 bits per heavy atom. The Kier molecular flexibility index (Phi) is 3.53. The number of benzene rings is 1. The van der Waals surface area contributed by atoms with Crippen LogP contribution in [0.15, 0.2) is 12.1 Å². The number of carbonyl (C=O) groups excluding carboxylic acids is 1. The molecule has 0 radical (unpaired) electrons. The molecule has 1 amide bonds. The van der Waals surface area contributed by atoms with Gasteiger partial charge in [-0.15, -0.1) is 0 Å². The van der Waals surface area contributed by atoms with Crippen molar-refractivity contribution in [2.75, 3.05) is 19.1 Å². The predicted octanol–water partition coefficient (Wildman–Crippen LogP) is 1.89. The molecule has 0 bridgehead atoms. The van der Waals surface area contributed by atoms with E-state index in [1.165, 1.54) is 0 Å². The Labute approximate surface area is 118 Å². The molecule has 3 rings (SSSR count). The van der Waals surface area contributed by atoms with Crippen LogP contribution in [0.1, 0.15) is 30.9 Å². The third-order valence-corrected chi connectivity index (χ3v) is 4.04. The molecule has 5 heteroatoms. The van der Waals surface area contributed by atoms with E-state index in [0.29, 0.717) is 31.2 Å². The van der Waals surface area contributed by atoms with Crippen molar-refractivity contribution in [1.29, 1.82) is 0 Å². The van der Waals surface area contributed by atoms with E-state index in [9.17, 15) is 4.79 Å². The Bertz CT molecular complexity index is 530. The van der Waals surface area contributed by atoms with Crippen molar-refractivity contribution in [2.45, 2.75) is 32.9 Å². The highest BCUT2D eigenvalue weighted by molar-refractivity contribution is 5.78. The highest BCUT2D eigenvalue weighted by Gasteiger charge is 2.29. The molecular weight excluding hydrogens is 256 g/mol. The van der Waals surface area contributed by atoms with Crippen LogP contribution in [-0.2, 0) is 22.7 Å². The minimum atomic E-state index is 0.222. The van der Waals surface area contributed by atoms with Gasteiger partial charge in [0.25, 0.3) is 0 Å². The Balaban J connectivity index is 1.84. The van der Waals surface area contributed by atoms with E-state index in [4.69, 9.17) is 15.2 Å². The largest absolute Gasteiger partial charge is 0.467 e. The van der Waals surface area contributed by atoms with E-state index in [0.717, 1.165) is 29.8 Å². The highest BCUT2D eigenvalue weighted by Crippen LogP contribution is 2.33. The van der Waals surface area contributed by atoms with Gasteiger partial charge < -0.3 is 20.1 Å². The van der Waals surface area contributed by atoms with Gasteiger partial charge in [0, 0.05) is 36.3 Å². The summed E-state index contributed by atoms with van der Waals surface area (Å²) in [7, 11) is 0. The van der Waals surface area contributed by atoms with Crippen molar-refractivity contribution in [3.8, 4) is 5.75 Å². The zero-order valence-corrected chi connectivity index (χ0v) is 11.7. The van der Waals surface area contributed by atoms with Gasteiger partial charge in [-0.05, 0) is 18.1 Å². The summed E-state index contributed by atoms with van der Waals surface area (Å²) in [5.41, 5.74) is 8.56. The SMILES string of the molecule is CCC1CC(=O)N(Cc2cc(N)cc3c2OCOC3)C1. The second kappa shape index (κ2) is 5.32. The first-order chi connectivity index (χ1) is 9.67. The summed E-state index contributed by atoms with van der Waals surface area (Å²) in [6, 6.07) is 3.77. The lowest BCUT2D eigenvalue weighted by atomic mass is 10.1. The number of nitrogens with two attached hydrogens (primary N) is 1. The molecule has 2 N–H and O–H groups in total. The molecule has 2 heterocycles. The first-order valence-electron chi connectivity index (χ1n) is 7.07. The van der Waals surface area contributed by atoms with Crippen LogP contribution in [0.2, 0.25) is 0 Å².